The van der Waals surface area contributed by atoms with Crippen LogP contribution in [0, 0.1) is 3.57 Å². The van der Waals surface area contributed by atoms with Crippen LogP contribution < -0.4 is 15.0 Å². The molecule has 7 heteroatoms. The van der Waals surface area contributed by atoms with Gasteiger partial charge in [-0.1, -0.05) is 55.5 Å². The first-order chi connectivity index (χ1) is 16.0. The smallest absolute Gasteiger partial charge is 0.270 e. The number of carbonyl (C=O) groups is 2. The van der Waals surface area contributed by atoms with E-state index in [-0.39, 0.29) is 10.7 Å². The molecule has 0 bridgehead atoms. The number of hydrogen-bond acceptors (Lipinski definition) is 4. The monoisotopic (exact) mass is 568 g/mol. The zero-order valence-corrected chi connectivity index (χ0v) is 20.9. The predicted octanol–water partition coefficient (Wildman–Crippen LogP) is 5.26. The molecule has 1 fully saturated rings. The molecule has 5 nitrogen and oxygen atoms in total. The maximum absolute atomic E-state index is 13.2. The van der Waals surface area contributed by atoms with E-state index in [1.165, 1.54) is 4.90 Å². The third kappa shape index (κ3) is 5.31. The zero-order valence-electron chi connectivity index (χ0n) is 17.9. The topological polar surface area (TPSA) is 58.6 Å². The summed E-state index contributed by atoms with van der Waals surface area (Å²) in [6.45, 7) is 2.52. The van der Waals surface area contributed by atoms with Gasteiger partial charge in [-0.25, -0.2) is 0 Å². The molecule has 1 N–H and O–H groups in total. The van der Waals surface area contributed by atoms with E-state index in [9.17, 15) is 9.59 Å². The van der Waals surface area contributed by atoms with E-state index in [1.807, 2.05) is 72.8 Å². The zero-order chi connectivity index (χ0) is 23.4. The quantitative estimate of drug-likeness (QED) is 0.191. The number of carbonyl (C=O) groups excluding carboxylic acids is 2. The summed E-state index contributed by atoms with van der Waals surface area (Å²) in [5.41, 5.74) is 3.59. The molecule has 0 atom stereocenters. The van der Waals surface area contributed by atoms with Crippen LogP contribution in [-0.4, -0.2) is 16.9 Å². The number of aryl methyl sites for hydroxylation is 1. The van der Waals surface area contributed by atoms with Crippen molar-refractivity contribution in [2.75, 3.05) is 4.90 Å². The molecular weight excluding hydrogens is 547 g/mol. The second-order valence-corrected chi connectivity index (χ2v) is 8.99. The van der Waals surface area contributed by atoms with Crippen molar-refractivity contribution in [1.82, 2.24) is 5.32 Å². The standard InChI is InChI=1S/C26H21IN2O3S/c1-2-17-8-11-20(12-9-17)29-25(31)21(24(30)28-26(29)33)14-19-10-13-23(22(27)15-19)32-16-18-6-4-3-5-7-18/h3-15H,2,16H2,1H3,(H,28,30,33)/b21-14+. The van der Waals surface area contributed by atoms with Crippen LogP contribution in [0.25, 0.3) is 6.08 Å². The van der Waals surface area contributed by atoms with Crippen LogP contribution >= 0.6 is 34.8 Å². The average molecular weight is 568 g/mol. The van der Waals surface area contributed by atoms with Gasteiger partial charge in [0.25, 0.3) is 11.8 Å². The molecule has 166 valence electrons. The van der Waals surface area contributed by atoms with E-state index in [2.05, 4.69) is 34.8 Å². The second kappa shape index (κ2) is 10.3. The number of halogens is 1. The molecule has 1 heterocycles. The highest BCUT2D eigenvalue weighted by molar-refractivity contribution is 14.1. The Hall–Kier alpha value is -3.04. The summed E-state index contributed by atoms with van der Waals surface area (Å²) in [7, 11) is 0. The lowest BCUT2D eigenvalue weighted by molar-refractivity contribution is -0.122. The van der Waals surface area contributed by atoms with E-state index in [4.69, 9.17) is 17.0 Å². The van der Waals surface area contributed by atoms with Crippen molar-refractivity contribution in [3.8, 4) is 5.75 Å². The number of amides is 2. The van der Waals surface area contributed by atoms with Crippen LogP contribution in [-0.2, 0) is 22.6 Å². The van der Waals surface area contributed by atoms with Crippen LogP contribution in [0.2, 0.25) is 0 Å². The molecule has 3 aromatic carbocycles. The summed E-state index contributed by atoms with van der Waals surface area (Å²) >= 11 is 7.46. The van der Waals surface area contributed by atoms with Gasteiger partial charge in [0.2, 0.25) is 0 Å². The third-order valence-corrected chi connectivity index (χ3v) is 6.34. The van der Waals surface area contributed by atoms with E-state index in [1.54, 1.807) is 6.08 Å². The number of ether oxygens (including phenoxy) is 1. The predicted molar refractivity (Wildman–Crippen MR) is 142 cm³/mol. The number of hydrogen-bond donors (Lipinski definition) is 1. The minimum absolute atomic E-state index is 0.0249. The van der Waals surface area contributed by atoms with Gasteiger partial charge in [-0.3, -0.25) is 19.8 Å². The SMILES string of the molecule is CCc1ccc(N2C(=O)/C(=C/c3ccc(OCc4ccccc4)c(I)c3)C(=O)NC2=S)cc1. The lowest BCUT2D eigenvalue weighted by Crippen LogP contribution is -2.54. The molecule has 1 aliphatic rings. The normalized spacial score (nSPS) is 15.0. The third-order valence-electron chi connectivity index (χ3n) is 5.21. The number of nitrogens with one attached hydrogen (secondary N) is 1. The molecule has 1 saturated heterocycles. The van der Waals surface area contributed by atoms with Gasteiger partial charge in [0.05, 0.1) is 9.26 Å². The lowest BCUT2D eigenvalue weighted by Gasteiger charge is -2.29. The van der Waals surface area contributed by atoms with Crippen molar-refractivity contribution in [2.24, 2.45) is 0 Å². The van der Waals surface area contributed by atoms with Gasteiger partial charge in [-0.2, -0.15) is 0 Å². The van der Waals surface area contributed by atoms with Crippen LogP contribution in [0.3, 0.4) is 0 Å². The summed E-state index contributed by atoms with van der Waals surface area (Å²) in [5.74, 6) is -0.224. The van der Waals surface area contributed by atoms with Crippen molar-refractivity contribution >= 4 is 63.5 Å². The van der Waals surface area contributed by atoms with Gasteiger partial charge in [-0.15, -0.1) is 0 Å². The minimum Gasteiger partial charge on any atom is -0.488 e. The lowest BCUT2D eigenvalue weighted by atomic mass is 10.1. The van der Waals surface area contributed by atoms with Gasteiger partial charge in [0, 0.05) is 0 Å². The Bertz CT molecular complexity index is 1240. The molecule has 0 radical (unpaired) electrons. The van der Waals surface area contributed by atoms with Crippen molar-refractivity contribution in [3.05, 3.63) is 98.6 Å². The van der Waals surface area contributed by atoms with E-state index in [0.29, 0.717) is 12.3 Å². The summed E-state index contributed by atoms with van der Waals surface area (Å²) in [6.07, 6.45) is 2.47. The Kier molecular flexibility index (Phi) is 7.20. The number of nitrogens with zero attached hydrogens (tertiary/aromatic N) is 1. The summed E-state index contributed by atoms with van der Waals surface area (Å²) in [4.78, 5) is 27.1. The molecule has 0 spiro atoms. The molecule has 4 rings (SSSR count). The summed E-state index contributed by atoms with van der Waals surface area (Å²) in [6, 6.07) is 23.0. The Morgan fingerprint density at radius 1 is 1.00 bits per heavy atom. The average Bonchev–Trinajstić information content (AvgIpc) is 2.82. The fraction of sp³-hybridized carbons (Fsp3) is 0.115. The minimum atomic E-state index is -0.508. The molecule has 0 unspecified atom stereocenters. The van der Waals surface area contributed by atoms with Crippen LogP contribution in [0.1, 0.15) is 23.6 Å². The molecular formula is C26H21IN2O3S. The van der Waals surface area contributed by atoms with Gasteiger partial charge in [-0.05, 0) is 88.3 Å². The Labute approximate surface area is 211 Å². The first-order valence-corrected chi connectivity index (χ1v) is 11.9. The van der Waals surface area contributed by atoms with Gasteiger partial charge >= 0.3 is 0 Å². The molecule has 33 heavy (non-hydrogen) atoms. The van der Waals surface area contributed by atoms with Crippen molar-refractivity contribution < 1.29 is 14.3 Å². The Morgan fingerprint density at radius 2 is 1.73 bits per heavy atom. The van der Waals surface area contributed by atoms with E-state index < -0.39 is 11.8 Å². The molecule has 2 amide bonds. The van der Waals surface area contributed by atoms with E-state index in [0.717, 1.165) is 32.4 Å². The molecule has 0 aromatic heterocycles. The highest BCUT2D eigenvalue weighted by atomic mass is 127. The Balaban J connectivity index is 1.56. The first kappa shape index (κ1) is 23.1. The second-order valence-electron chi connectivity index (χ2n) is 7.44. The number of benzene rings is 3. The van der Waals surface area contributed by atoms with Crippen molar-refractivity contribution in [3.63, 3.8) is 0 Å². The maximum Gasteiger partial charge on any atom is 0.270 e. The molecule has 0 saturated carbocycles. The largest absolute Gasteiger partial charge is 0.488 e. The Morgan fingerprint density at radius 3 is 2.39 bits per heavy atom. The highest BCUT2D eigenvalue weighted by Gasteiger charge is 2.34. The molecule has 1 aliphatic heterocycles. The summed E-state index contributed by atoms with van der Waals surface area (Å²) in [5, 5.41) is 2.70. The van der Waals surface area contributed by atoms with E-state index >= 15 is 0 Å². The number of rotatable bonds is 6. The maximum atomic E-state index is 13.2. The van der Waals surface area contributed by atoms with Crippen LogP contribution in [0.4, 0.5) is 5.69 Å². The van der Waals surface area contributed by atoms with Gasteiger partial charge in [0.15, 0.2) is 5.11 Å². The van der Waals surface area contributed by atoms with Crippen LogP contribution in [0.15, 0.2) is 78.4 Å². The van der Waals surface area contributed by atoms with Crippen LogP contribution in [0.5, 0.6) is 5.75 Å². The summed E-state index contributed by atoms with van der Waals surface area (Å²) < 4.78 is 6.80. The van der Waals surface area contributed by atoms with Gasteiger partial charge in [0.1, 0.15) is 17.9 Å². The van der Waals surface area contributed by atoms with Crippen molar-refractivity contribution in [2.45, 2.75) is 20.0 Å². The fourth-order valence-electron chi connectivity index (χ4n) is 3.40. The van der Waals surface area contributed by atoms with Gasteiger partial charge < -0.3 is 4.74 Å². The van der Waals surface area contributed by atoms with Crippen molar-refractivity contribution in [1.29, 1.82) is 0 Å². The molecule has 3 aromatic rings. The number of anilines is 1. The molecule has 0 aliphatic carbocycles. The fourth-order valence-corrected chi connectivity index (χ4v) is 4.37. The number of thiocarbonyl (C=S) groups is 1. The first-order valence-electron chi connectivity index (χ1n) is 10.4. The highest BCUT2D eigenvalue weighted by Crippen LogP contribution is 2.26.